The highest BCUT2D eigenvalue weighted by molar-refractivity contribution is 7.90. The van der Waals surface area contributed by atoms with Gasteiger partial charge in [-0.25, -0.2) is 17.6 Å². The molecule has 10 nitrogen and oxygen atoms in total. The average Bonchev–Trinajstić information content (AvgIpc) is 3.14. The van der Waals surface area contributed by atoms with Gasteiger partial charge in [0.25, 0.3) is 0 Å². The third-order valence-corrected chi connectivity index (χ3v) is 5.71. The Bertz CT molecular complexity index is 1040. The molecule has 0 bridgehead atoms. The molecule has 1 amide bonds. The van der Waals surface area contributed by atoms with E-state index in [-0.39, 0.29) is 35.2 Å². The Balaban J connectivity index is 1.54. The van der Waals surface area contributed by atoms with Crippen LogP contribution in [0.3, 0.4) is 0 Å². The first-order valence-corrected chi connectivity index (χ1v) is 11.7. The van der Waals surface area contributed by atoms with Gasteiger partial charge in [-0.3, -0.25) is 0 Å². The van der Waals surface area contributed by atoms with Crippen molar-refractivity contribution in [2.75, 3.05) is 19.3 Å². The SMILES string of the molecule is CC(C)(C)OC(=O)N1CCC(n2nnc(COc3ccc(S(C)(=O)=O)cc3F)n2)CC1. The highest BCUT2D eigenvalue weighted by Crippen LogP contribution is 2.24. The summed E-state index contributed by atoms with van der Waals surface area (Å²) in [5, 5.41) is 12.2. The number of benzene rings is 1. The second-order valence-corrected chi connectivity index (χ2v) is 10.4. The van der Waals surface area contributed by atoms with Crippen LogP contribution in [0, 0.1) is 5.82 Å². The molecule has 2 aromatic rings. The zero-order valence-corrected chi connectivity index (χ0v) is 18.7. The zero-order chi connectivity index (χ0) is 22.8. The van der Waals surface area contributed by atoms with E-state index in [1.165, 1.54) is 16.9 Å². The van der Waals surface area contributed by atoms with E-state index < -0.39 is 21.3 Å². The Labute approximate surface area is 180 Å². The molecule has 0 spiro atoms. The number of hydrogen-bond acceptors (Lipinski definition) is 8. The molecule has 0 aliphatic carbocycles. The van der Waals surface area contributed by atoms with E-state index in [2.05, 4.69) is 15.4 Å². The van der Waals surface area contributed by atoms with Gasteiger partial charge in [0, 0.05) is 19.3 Å². The number of piperidine rings is 1. The van der Waals surface area contributed by atoms with Crippen LogP contribution in [0.2, 0.25) is 0 Å². The number of ether oxygens (including phenoxy) is 2. The molecule has 3 rings (SSSR count). The number of halogens is 1. The fourth-order valence-electron chi connectivity index (χ4n) is 3.05. The summed E-state index contributed by atoms with van der Waals surface area (Å²) < 4.78 is 47.8. The number of likely N-dealkylation sites (tertiary alicyclic amines) is 1. The summed E-state index contributed by atoms with van der Waals surface area (Å²) in [6.07, 6.45) is 1.97. The highest BCUT2D eigenvalue weighted by Gasteiger charge is 2.28. The van der Waals surface area contributed by atoms with E-state index >= 15 is 0 Å². The summed E-state index contributed by atoms with van der Waals surface area (Å²) in [7, 11) is -3.50. The van der Waals surface area contributed by atoms with Gasteiger partial charge < -0.3 is 14.4 Å². The van der Waals surface area contributed by atoms with E-state index in [0.717, 1.165) is 12.3 Å². The first-order valence-electron chi connectivity index (χ1n) is 9.81. The Morgan fingerprint density at radius 2 is 1.94 bits per heavy atom. The van der Waals surface area contributed by atoms with Gasteiger partial charge in [-0.05, 0) is 57.0 Å². The van der Waals surface area contributed by atoms with Gasteiger partial charge in [-0.1, -0.05) is 0 Å². The van der Waals surface area contributed by atoms with Crippen LogP contribution in [0.25, 0.3) is 0 Å². The summed E-state index contributed by atoms with van der Waals surface area (Å²) in [5.74, 6) is -0.625. The molecule has 1 aliphatic heterocycles. The maximum absolute atomic E-state index is 14.1. The minimum Gasteiger partial charge on any atom is -0.482 e. The molecule has 0 radical (unpaired) electrons. The van der Waals surface area contributed by atoms with Crippen LogP contribution in [0.4, 0.5) is 9.18 Å². The van der Waals surface area contributed by atoms with Crippen molar-refractivity contribution in [3.63, 3.8) is 0 Å². The molecule has 2 heterocycles. The van der Waals surface area contributed by atoms with E-state index in [1.807, 2.05) is 20.8 Å². The Morgan fingerprint density at radius 1 is 1.26 bits per heavy atom. The lowest BCUT2D eigenvalue weighted by Gasteiger charge is -2.32. The van der Waals surface area contributed by atoms with Crippen LogP contribution in [-0.2, 0) is 21.2 Å². The highest BCUT2D eigenvalue weighted by atomic mass is 32.2. The van der Waals surface area contributed by atoms with Crippen molar-refractivity contribution < 1.29 is 27.1 Å². The van der Waals surface area contributed by atoms with Crippen molar-refractivity contribution in [2.24, 2.45) is 0 Å². The molecule has 170 valence electrons. The van der Waals surface area contributed by atoms with Crippen LogP contribution < -0.4 is 4.74 Å². The van der Waals surface area contributed by atoms with Gasteiger partial charge in [0.05, 0.1) is 10.9 Å². The standard InChI is InChI=1S/C19H26FN5O5S/c1-19(2,3)30-18(26)24-9-7-13(8-10-24)25-22-17(21-23-25)12-29-16-6-5-14(11-15(16)20)31(4,27)28/h5-6,11,13H,7-10,12H2,1-4H3. The minimum absolute atomic E-state index is 0.0225. The quantitative estimate of drug-likeness (QED) is 0.675. The molecular formula is C19H26FN5O5S. The second-order valence-electron chi connectivity index (χ2n) is 8.38. The van der Waals surface area contributed by atoms with Crippen molar-refractivity contribution in [1.82, 2.24) is 25.1 Å². The van der Waals surface area contributed by atoms with Crippen LogP contribution in [-0.4, -0.2) is 64.6 Å². The van der Waals surface area contributed by atoms with Crippen molar-refractivity contribution in [3.8, 4) is 5.75 Å². The first-order chi connectivity index (χ1) is 14.4. The molecule has 1 fully saturated rings. The monoisotopic (exact) mass is 455 g/mol. The van der Waals surface area contributed by atoms with Crippen LogP contribution in [0.5, 0.6) is 5.75 Å². The number of hydrogen-bond donors (Lipinski definition) is 0. The number of sulfone groups is 1. The maximum Gasteiger partial charge on any atom is 0.410 e. The first kappa shape index (κ1) is 22.9. The fourth-order valence-corrected chi connectivity index (χ4v) is 3.68. The average molecular weight is 456 g/mol. The predicted octanol–water partition coefficient (Wildman–Crippen LogP) is 2.37. The van der Waals surface area contributed by atoms with Gasteiger partial charge >= 0.3 is 6.09 Å². The molecule has 0 unspecified atom stereocenters. The van der Waals surface area contributed by atoms with Gasteiger partial charge in [0.1, 0.15) is 5.60 Å². The summed E-state index contributed by atoms with van der Waals surface area (Å²) in [4.78, 5) is 15.2. The third-order valence-electron chi connectivity index (χ3n) is 4.60. The topological polar surface area (TPSA) is 117 Å². The zero-order valence-electron chi connectivity index (χ0n) is 17.9. The molecule has 12 heteroatoms. The van der Waals surface area contributed by atoms with E-state index in [1.54, 1.807) is 4.90 Å². The Kier molecular flexibility index (Phi) is 6.48. The van der Waals surface area contributed by atoms with Crippen LogP contribution in [0.15, 0.2) is 23.1 Å². The number of carbonyl (C=O) groups excluding carboxylic acids is 1. The smallest absolute Gasteiger partial charge is 0.410 e. The normalized spacial score (nSPS) is 15.7. The molecule has 31 heavy (non-hydrogen) atoms. The van der Waals surface area contributed by atoms with Crippen molar-refractivity contribution in [2.45, 2.75) is 56.8 Å². The molecule has 0 atom stereocenters. The number of tetrazole rings is 1. The lowest BCUT2D eigenvalue weighted by atomic mass is 10.1. The summed E-state index contributed by atoms with van der Waals surface area (Å²) in [6, 6.07) is 3.41. The molecule has 1 aromatic carbocycles. The number of aromatic nitrogens is 4. The van der Waals surface area contributed by atoms with E-state index in [0.29, 0.717) is 25.9 Å². The lowest BCUT2D eigenvalue weighted by molar-refractivity contribution is 0.0179. The van der Waals surface area contributed by atoms with Crippen LogP contribution in [0.1, 0.15) is 45.5 Å². The van der Waals surface area contributed by atoms with Crippen molar-refractivity contribution in [3.05, 3.63) is 29.8 Å². The second kappa shape index (κ2) is 8.77. The number of nitrogens with zero attached hydrogens (tertiary/aromatic N) is 5. The molecule has 1 aromatic heterocycles. The van der Waals surface area contributed by atoms with Gasteiger partial charge in [0.15, 0.2) is 28.0 Å². The maximum atomic E-state index is 14.1. The predicted molar refractivity (Wildman–Crippen MR) is 108 cm³/mol. The Morgan fingerprint density at radius 3 is 2.52 bits per heavy atom. The molecule has 1 saturated heterocycles. The molecule has 1 aliphatic rings. The fraction of sp³-hybridized carbons (Fsp3) is 0.579. The van der Waals surface area contributed by atoms with Crippen LogP contribution >= 0.6 is 0 Å². The van der Waals surface area contributed by atoms with E-state index in [4.69, 9.17) is 9.47 Å². The summed E-state index contributed by atoms with van der Waals surface area (Å²) in [6.45, 7) is 6.40. The largest absolute Gasteiger partial charge is 0.482 e. The minimum atomic E-state index is -3.50. The number of rotatable bonds is 5. The van der Waals surface area contributed by atoms with Gasteiger partial charge in [-0.15, -0.1) is 10.2 Å². The van der Waals surface area contributed by atoms with Crippen molar-refractivity contribution >= 4 is 15.9 Å². The Hall–Kier alpha value is -2.76. The molecule has 0 saturated carbocycles. The van der Waals surface area contributed by atoms with Gasteiger partial charge in [-0.2, -0.15) is 4.80 Å². The third kappa shape index (κ3) is 6.12. The lowest BCUT2D eigenvalue weighted by Crippen LogP contribution is -2.42. The van der Waals surface area contributed by atoms with E-state index in [9.17, 15) is 17.6 Å². The molecule has 0 N–H and O–H groups in total. The van der Waals surface area contributed by atoms with Gasteiger partial charge in [0.2, 0.25) is 5.82 Å². The summed E-state index contributed by atoms with van der Waals surface area (Å²) >= 11 is 0. The number of carbonyl (C=O) groups is 1. The summed E-state index contributed by atoms with van der Waals surface area (Å²) in [5.41, 5.74) is -0.541. The van der Waals surface area contributed by atoms with Crippen molar-refractivity contribution in [1.29, 1.82) is 0 Å². The molecular weight excluding hydrogens is 429 g/mol. The number of amides is 1.